The maximum atomic E-state index is 5.58. The number of aryl methyl sites for hydroxylation is 1. The largest absolute Gasteiger partial charge is 0.382 e. The molecule has 0 aliphatic heterocycles. The van der Waals surface area contributed by atoms with Gasteiger partial charge < -0.3 is 19.4 Å². The second-order valence-corrected chi connectivity index (χ2v) is 4.88. The molecular formula is C15H29N3O2. The van der Waals surface area contributed by atoms with Crippen LogP contribution in [-0.4, -0.2) is 43.0 Å². The van der Waals surface area contributed by atoms with Gasteiger partial charge in [0.15, 0.2) is 0 Å². The average Bonchev–Trinajstić information content (AvgIpc) is 2.90. The van der Waals surface area contributed by atoms with Gasteiger partial charge in [-0.3, -0.25) is 0 Å². The van der Waals surface area contributed by atoms with Crippen LogP contribution in [0.15, 0.2) is 12.4 Å². The molecular weight excluding hydrogens is 254 g/mol. The number of hydrogen-bond acceptors (Lipinski definition) is 4. The third-order valence-electron chi connectivity index (χ3n) is 3.15. The molecule has 0 saturated carbocycles. The molecule has 0 saturated heterocycles. The SMILES string of the molecule is CCCNC(CCOCCOC)c1nccn1CCC. The minimum atomic E-state index is 0.263. The zero-order chi connectivity index (χ0) is 14.6. The lowest BCUT2D eigenvalue weighted by Crippen LogP contribution is -2.26. The van der Waals surface area contributed by atoms with Crippen LogP contribution in [-0.2, 0) is 16.0 Å². The maximum absolute atomic E-state index is 5.58. The van der Waals surface area contributed by atoms with Crippen molar-refractivity contribution in [1.29, 1.82) is 0 Å². The molecule has 0 aromatic carbocycles. The Hall–Kier alpha value is -0.910. The average molecular weight is 283 g/mol. The van der Waals surface area contributed by atoms with Gasteiger partial charge in [-0.2, -0.15) is 0 Å². The first-order valence-corrected chi connectivity index (χ1v) is 7.64. The predicted octanol–water partition coefficient (Wildman–Crippen LogP) is 2.39. The van der Waals surface area contributed by atoms with E-state index in [0.29, 0.717) is 13.2 Å². The number of nitrogens with one attached hydrogen (secondary N) is 1. The number of aromatic nitrogens is 2. The number of ether oxygens (including phenoxy) is 2. The maximum Gasteiger partial charge on any atom is 0.125 e. The Morgan fingerprint density at radius 3 is 2.80 bits per heavy atom. The summed E-state index contributed by atoms with van der Waals surface area (Å²) in [7, 11) is 1.69. The fraction of sp³-hybridized carbons (Fsp3) is 0.800. The monoisotopic (exact) mass is 283 g/mol. The van der Waals surface area contributed by atoms with Crippen LogP contribution in [0.1, 0.15) is 45.0 Å². The van der Waals surface area contributed by atoms with E-state index in [0.717, 1.165) is 44.8 Å². The summed E-state index contributed by atoms with van der Waals surface area (Å²) < 4.78 is 12.8. The summed E-state index contributed by atoms with van der Waals surface area (Å²) in [6, 6.07) is 0.263. The highest BCUT2D eigenvalue weighted by Gasteiger charge is 2.15. The molecule has 0 aliphatic carbocycles. The predicted molar refractivity (Wildman–Crippen MR) is 80.9 cm³/mol. The summed E-state index contributed by atoms with van der Waals surface area (Å²) in [5, 5.41) is 3.57. The lowest BCUT2D eigenvalue weighted by molar-refractivity contribution is 0.0652. The van der Waals surface area contributed by atoms with Crippen LogP contribution in [0.3, 0.4) is 0 Å². The van der Waals surface area contributed by atoms with Crippen molar-refractivity contribution >= 4 is 0 Å². The fourth-order valence-electron chi connectivity index (χ4n) is 2.15. The number of methoxy groups -OCH3 is 1. The zero-order valence-electron chi connectivity index (χ0n) is 13.1. The van der Waals surface area contributed by atoms with Crippen molar-refractivity contribution in [2.45, 2.75) is 45.7 Å². The van der Waals surface area contributed by atoms with Gasteiger partial charge >= 0.3 is 0 Å². The first kappa shape index (κ1) is 17.1. The molecule has 20 heavy (non-hydrogen) atoms. The van der Waals surface area contributed by atoms with Crippen LogP contribution in [0.2, 0.25) is 0 Å². The Labute approximate surface area is 122 Å². The molecule has 1 rings (SSSR count). The van der Waals surface area contributed by atoms with Crippen molar-refractivity contribution in [3.05, 3.63) is 18.2 Å². The Bertz CT molecular complexity index is 342. The normalized spacial score (nSPS) is 12.8. The van der Waals surface area contributed by atoms with Crippen LogP contribution in [0.25, 0.3) is 0 Å². The highest BCUT2D eigenvalue weighted by Crippen LogP contribution is 2.15. The smallest absolute Gasteiger partial charge is 0.125 e. The molecule has 1 aromatic heterocycles. The zero-order valence-corrected chi connectivity index (χ0v) is 13.1. The highest BCUT2D eigenvalue weighted by molar-refractivity contribution is 4.99. The highest BCUT2D eigenvalue weighted by atomic mass is 16.5. The van der Waals surface area contributed by atoms with Gasteiger partial charge in [-0.05, 0) is 25.8 Å². The minimum Gasteiger partial charge on any atom is -0.382 e. The molecule has 1 atom stereocenters. The van der Waals surface area contributed by atoms with E-state index in [9.17, 15) is 0 Å². The molecule has 0 bridgehead atoms. The van der Waals surface area contributed by atoms with E-state index >= 15 is 0 Å². The van der Waals surface area contributed by atoms with Crippen LogP contribution >= 0.6 is 0 Å². The van der Waals surface area contributed by atoms with E-state index in [1.54, 1.807) is 7.11 Å². The summed E-state index contributed by atoms with van der Waals surface area (Å²) in [4.78, 5) is 4.52. The van der Waals surface area contributed by atoms with Crippen molar-refractivity contribution in [2.24, 2.45) is 0 Å². The Morgan fingerprint density at radius 2 is 2.10 bits per heavy atom. The van der Waals surface area contributed by atoms with Gasteiger partial charge in [-0.15, -0.1) is 0 Å². The summed E-state index contributed by atoms with van der Waals surface area (Å²) in [6.07, 6.45) is 7.12. The molecule has 5 heteroatoms. The van der Waals surface area contributed by atoms with Crippen molar-refractivity contribution in [1.82, 2.24) is 14.9 Å². The molecule has 0 aliphatic rings. The van der Waals surface area contributed by atoms with E-state index in [1.807, 2.05) is 6.20 Å². The van der Waals surface area contributed by atoms with Crippen molar-refractivity contribution in [3.63, 3.8) is 0 Å². The second-order valence-electron chi connectivity index (χ2n) is 4.88. The Balaban J connectivity index is 2.51. The van der Waals surface area contributed by atoms with E-state index in [2.05, 4.69) is 34.9 Å². The summed E-state index contributed by atoms with van der Waals surface area (Å²) in [5.41, 5.74) is 0. The molecule has 116 valence electrons. The summed E-state index contributed by atoms with van der Waals surface area (Å²) in [6.45, 7) is 8.41. The molecule has 1 N–H and O–H groups in total. The van der Waals surface area contributed by atoms with Gasteiger partial charge in [-0.25, -0.2) is 4.98 Å². The Morgan fingerprint density at radius 1 is 1.25 bits per heavy atom. The lowest BCUT2D eigenvalue weighted by atomic mass is 10.2. The molecule has 0 spiro atoms. The first-order chi connectivity index (χ1) is 9.83. The minimum absolute atomic E-state index is 0.263. The third-order valence-corrected chi connectivity index (χ3v) is 3.15. The van der Waals surface area contributed by atoms with Crippen LogP contribution in [0, 0.1) is 0 Å². The van der Waals surface area contributed by atoms with Crippen LogP contribution < -0.4 is 5.32 Å². The summed E-state index contributed by atoms with van der Waals surface area (Å²) >= 11 is 0. The van der Waals surface area contributed by atoms with E-state index in [-0.39, 0.29) is 6.04 Å². The molecule has 5 nitrogen and oxygen atoms in total. The Kier molecular flexibility index (Phi) is 9.28. The van der Waals surface area contributed by atoms with Gasteiger partial charge in [0.1, 0.15) is 5.82 Å². The van der Waals surface area contributed by atoms with E-state index < -0.39 is 0 Å². The van der Waals surface area contributed by atoms with Gasteiger partial charge in [0.2, 0.25) is 0 Å². The van der Waals surface area contributed by atoms with Crippen molar-refractivity contribution in [2.75, 3.05) is 33.5 Å². The third kappa shape index (κ3) is 6.03. The standard InChI is InChI=1S/C15H29N3O2/c1-4-7-16-14(6-11-20-13-12-19-3)15-17-8-10-18(15)9-5-2/h8,10,14,16H,4-7,9,11-13H2,1-3H3. The first-order valence-electron chi connectivity index (χ1n) is 7.64. The number of imidazole rings is 1. The molecule has 0 radical (unpaired) electrons. The van der Waals surface area contributed by atoms with Crippen molar-refractivity contribution < 1.29 is 9.47 Å². The van der Waals surface area contributed by atoms with E-state index in [4.69, 9.17) is 9.47 Å². The van der Waals surface area contributed by atoms with Gasteiger partial charge in [-0.1, -0.05) is 13.8 Å². The lowest BCUT2D eigenvalue weighted by Gasteiger charge is -2.19. The van der Waals surface area contributed by atoms with Gasteiger partial charge in [0, 0.05) is 32.7 Å². The fourth-order valence-corrected chi connectivity index (χ4v) is 2.15. The van der Waals surface area contributed by atoms with Crippen LogP contribution in [0.5, 0.6) is 0 Å². The van der Waals surface area contributed by atoms with Gasteiger partial charge in [0.25, 0.3) is 0 Å². The second kappa shape index (κ2) is 10.8. The van der Waals surface area contributed by atoms with Gasteiger partial charge in [0.05, 0.1) is 19.3 Å². The molecule has 1 aromatic rings. The van der Waals surface area contributed by atoms with E-state index in [1.165, 1.54) is 0 Å². The number of nitrogens with zero attached hydrogens (tertiary/aromatic N) is 2. The molecule has 1 heterocycles. The number of rotatable bonds is 12. The molecule has 0 fully saturated rings. The summed E-state index contributed by atoms with van der Waals surface area (Å²) in [5.74, 6) is 1.12. The van der Waals surface area contributed by atoms with Crippen molar-refractivity contribution in [3.8, 4) is 0 Å². The molecule has 1 unspecified atom stereocenters. The topological polar surface area (TPSA) is 48.3 Å². The quantitative estimate of drug-likeness (QED) is 0.598. The van der Waals surface area contributed by atoms with Crippen LogP contribution in [0.4, 0.5) is 0 Å². The molecule has 0 amide bonds. The number of hydrogen-bond donors (Lipinski definition) is 1.